The van der Waals surface area contributed by atoms with Gasteiger partial charge in [-0.15, -0.1) is 9.24 Å². The summed E-state index contributed by atoms with van der Waals surface area (Å²) in [7, 11) is 2.71. The fourth-order valence-electron chi connectivity index (χ4n) is 1.37. The molecule has 1 aromatic heterocycles. The normalized spacial score (nSPS) is 10.1. The molecule has 1 nitrogen and oxygen atoms in total. The Morgan fingerprint density at radius 3 is 2.43 bits per heavy atom. The minimum atomic E-state index is 1.04. The predicted molar refractivity (Wildman–Crippen MR) is 63.8 cm³/mol. The summed E-state index contributed by atoms with van der Waals surface area (Å²) in [5.41, 5.74) is 3.48. The Balaban J connectivity index is 2.50. The SMILES string of the molecule is Cc1ccc(-c2ncccc2P)cc1. The monoisotopic (exact) mass is 201 g/mol. The standard InChI is InChI=1S/C12H12NP/c1-9-4-6-10(7-5-9)12-11(14)3-2-8-13-12/h2-8H,14H2,1H3. The molecule has 0 bridgehead atoms. The summed E-state index contributed by atoms with van der Waals surface area (Å²) in [6, 6.07) is 12.4. The van der Waals surface area contributed by atoms with Crippen molar-refractivity contribution in [3.05, 3.63) is 48.2 Å². The van der Waals surface area contributed by atoms with Crippen LogP contribution in [-0.2, 0) is 0 Å². The lowest BCUT2D eigenvalue weighted by Gasteiger charge is -2.03. The molecule has 0 fully saturated rings. The van der Waals surface area contributed by atoms with Gasteiger partial charge in [-0.05, 0) is 18.3 Å². The lowest BCUT2D eigenvalue weighted by Crippen LogP contribution is -1.98. The first-order valence-corrected chi connectivity index (χ1v) is 5.12. The van der Waals surface area contributed by atoms with Crippen LogP contribution in [-0.4, -0.2) is 4.98 Å². The van der Waals surface area contributed by atoms with Gasteiger partial charge in [0.15, 0.2) is 0 Å². The van der Waals surface area contributed by atoms with Gasteiger partial charge in [-0.3, -0.25) is 4.98 Å². The first-order valence-electron chi connectivity index (χ1n) is 4.55. The summed E-state index contributed by atoms with van der Waals surface area (Å²) in [5, 5.41) is 1.14. The molecule has 1 atom stereocenters. The summed E-state index contributed by atoms with van der Waals surface area (Å²) in [4.78, 5) is 4.36. The van der Waals surface area contributed by atoms with Gasteiger partial charge >= 0.3 is 0 Å². The molecule has 0 aliphatic carbocycles. The zero-order valence-corrected chi connectivity index (χ0v) is 9.22. The summed E-state index contributed by atoms with van der Waals surface area (Å²) in [6.07, 6.45) is 1.82. The molecule has 1 aromatic carbocycles. The van der Waals surface area contributed by atoms with Crippen LogP contribution in [0.2, 0.25) is 0 Å². The van der Waals surface area contributed by atoms with Gasteiger partial charge in [0.05, 0.1) is 5.69 Å². The highest BCUT2D eigenvalue weighted by Crippen LogP contribution is 2.16. The Labute approximate surface area is 86.4 Å². The third kappa shape index (κ3) is 1.83. The quantitative estimate of drug-likeness (QED) is 0.646. The second kappa shape index (κ2) is 3.89. The Morgan fingerprint density at radius 1 is 1.07 bits per heavy atom. The molecule has 1 unspecified atom stereocenters. The maximum Gasteiger partial charge on any atom is 0.0773 e. The fraction of sp³-hybridized carbons (Fsp3) is 0.0833. The number of rotatable bonds is 1. The van der Waals surface area contributed by atoms with Crippen LogP contribution in [0.3, 0.4) is 0 Å². The predicted octanol–water partition coefficient (Wildman–Crippen LogP) is 2.56. The van der Waals surface area contributed by atoms with Crippen LogP contribution < -0.4 is 5.30 Å². The molecular weight excluding hydrogens is 189 g/mol. The molecule has 2 heteroatoms. The van der Waals surface area contributed by atoms with Crippen LogP contribution in [0.1, 0.15) is 5.56 Å². The van der Waals surface area contributed by atoms with Crippen molar-refractivity contribution in [2.45, 2.75) is 6.92 Å². The maximum absolute atomic E-state index is 4.36. The summed E-state index contributed by atoms with van der Waals surface area (Å²) in [6.45, 7) is 2.09. The highest BCUT2D eigenvalue weighted by atomic mass is 31.0. The number of aromatic nitrogens is 1. The van der Waals surface area contributed by atoms with E-state index in [0.29, 0.717) is 0 Å². The van der Waals surface area contributed by atoms with Gasteiger partial charge < -0.3 is 0 Å². The molecule has 0 N–H and O–H groups in total. The van der Waals surface area contributed by atoms with E-state index < -0.39 is 0 Å². The number of hydrogen-bond donors (Lipinski definition) is 0. The largest absolute Gasteiger partial charge is 0.256 e. The van der Waals surface area contributed by atoms with Gasteiger partial charge in [0.2, 0.25) is 0 Å². The smallest absolute Gasteiger partial charge is 0.0773 e. The maximum atomic E-state index is 4.36. The molecule has 0 saturated carbocycles. The molecule has 0 saturated heterocycles. The zero-order chi connectivity index (χ0) is 9.97. The highest BCUT2D eigenvalue weighted by Gasteiger charge is 2.00. The van der Waals surface area contributed by atoms with Crippen LogP contribution in [0.25, 0.3) is 11.3 Å². The number of aryl methyl sites for hydroxylation is 1. The third-order valence-corrected chi connectivity index (χ3v) is 2.63. The van der Waals surface area contributed by atoms with Crippen molar-refractivity contribution in [1.29, 1.82) is 0 Å². The summed E-state index contributed by atoms with van der Waals surface area (Å²) in [5.74, 6) is 0. The average Bonchev–Trinajstić information content (AvgIpc) is 2.20. The Kier molecular flexibility index (Phi) is 2.60. The summed E-state index contributed by atoms with van der Waals surface area (Å²) >= 11 is 0. The lowest BCUT2D eigenvalue weighted by atomic mass is 10.1. The number of benzene rings is 1. The van der Waals surface area contributed by atoms with E-state index in [1.54, 1.807) is 0 Å². The van der Waals surface area contributed by atoms with E-state index in [4.69, 9.17) is 0 Å². The van der Waals surface area contributed by atoms with Crippen molar-refractivity contribution in [2.75, 3.05) is 0 Å². The average molecular weight is 201 g/mol. The molecular formula is C12H12NP. The van der Waals surface area contributed by atoms with Crippen LogP contribution in [0, 0.1) is 6.92 Å². The van der Waals surface area contributed by atoms with E-state index in [0.717, 1.165) is 11.0 Å². The molecule has 70 valence electrons. The van der Waals surface area contributed by atoms with E-state index >= 15 is 0 Å². The molecule has 0 aliphatic heterocycles. The Bertz CT molecular complexity index is 434. The van der Waals surface area contributed by atoms with Gasteiger partial charge in [-0.1, -0.05) is 35.9 Å². The molecule has 0 radical (unpaired) electrons. The first kappa shape index (κ1) is 9.36. The van der Waals surface area contributed by atoms with Crippen LogP contribution in [0.15, 0.2) is 42.6 Å². The van der Waals surface area contributed by atoms with E-state index in [9.17, 15) is 0 Å². The van der Waals surface area contributed by atoms with Crippen molar-refractivity contribution in [1.82, 2.24) is 4.98 Å². The minimum Gasteiger partial charge on any atom is -0.256 e. The second-order valence-corrected chi connectivity index (χ2v) is 3.93. The Morgan fingerprint density at radius 2 is 1.79 bits per heavy atom. The molecule has 0 aliphatic rings. The molecule has 1 heterocycles. The van der Waals surface area contributed by atoms with E-state index in [1.165, 1.54) is 11.1 Å². The molecule has 14 heavy (non-hydrogen) atoms. The van der Waals surface area contributed by atoms with Crippen LogP contribution >= 0.6 is 9.24 Å². The second-order valence-electron chi connectivity index (χ2n) is 3.31. The fourth-order valence-corrected chi connectivity index (χ4v) is 1.72. The third-order valence-electron chi connectivity index (χ3n) is 2.16. The highest BCUT2D eigenvalue weighted by molar-refractivity contribution is 7.27. The van der Waals surface area contributed by atoms with Crippen LogP contribution in [0.5, 0.6) is 0 Å². The van der Waals surface area contributed by atoms with Crippen LogP contribution in [0.4, 0.5) is 0 Å². The molecule has 0 spiro atoms. The zero-order valence-electron chi connectivity index (χ0n) is 8.07. The van der Waals surface area contributed by atoms with Gasteiger partial charge in [-0.2, -0.15) is 0 Å². The molecule has 2 rings (SSSR count). The van der Waals surface area contributed by atoms with Gasteiger partial charge in [-0.25, -0.2) is 0 Å². The molecule has 0 amide bonds. The van der Waals surface area contributed by atoms with E-state index in [2.05, 4.69) is 45.4 Å². The van der Waals surface area contributed by atoms with Crippen molar-refractivity contribution >= 4 is 14.5 Å². The molecule has 2 aromatic rings. The summed E-state index contributed by atoms with van der Waals surface area (Å²) < 4.78 is 0. The first-order chi connectivity index (χ1) is 6.77. The van der Waals surface area contributed by atoms with Crippen molar-refractivity contribution in [2.24, 2.45) is 0 Å². The minimum absolute atomic E-state index is 1.04. The van der Waals surface area contributed by atoms with Gasteiger partial charge in [0.25, 0.3) is 0 Å². The van der Waals surface area contributed by atoms with Crippen molar-refractivity contribution in [3.8, 4) is 11.3 Å². The van der Waals surface area contributed by atoms with Gasteiger partial charge in [0, 0.05) is 11.8 Å². The lowest BCUT2D eigenvalue weighted by molar-refractivity contribution is 1.34. The number of nitrogens with zero attached hydrogens (tertiary/aromatic N) is 1. The Hall–Kier alpha value is -1.20. The van der Waals surface area contributed by atoms with Crippen molar-refractivity contribution in [3.63, 3.8) is 0 Å². The number of hydrogen-bond acceptors (Lipinski definition) is 1. The van der Waals surface area contributed by atoms with Crippen molar-refractivity contribution < 1.29 is 0 Å². The topological polar surface area (TPSA) is 12.9 Å². The van der Waals surface area contributed by atoms with Gasteiger partial charge in [0.1, 0.15) is 0 Å². The number of pyridine rings is 1. The van der Waals surface area contributed by atoms with E-state index in [1.807, 2.05) is 18.3 Å². The van der Waals surface area contributed by atoms with E-state index in [-0.39, 0.29) is 0 Å².